The van der Waals surface area contributed by atoms with E-state index >= 15 is 0 Å². The van der Waals surface area contributed by atoms with Crippen molar-refractivity contribution in [2.75, 3.05) is 27.2 Å². The van der Waals surface area contributed by atoms with Gasteiger partial charge in [0.15, 0.2) is 0 Å². The first-order chi connectivity index (χ1) is 11.1. The molecular formula is C22H53ClN2O. The molecule has 0 aliphatic heterocycles. The van der Waals surface area contributed by atoms with Gasteiger partial charge in [-0.05, 0) is 25.7 Å². The van der Waals surface area contributed by atoms with Crippen LogP contribution in [0.1, 0.15) is 117 Å². The molecule has 4 heteroatoms. The van der Waals surface area contributed by atoms with Gasteiger partial charge in [0.25, 0.3) is 0 Å². The summed E-state index contributed by atoms with van der Waals surface area (Å²) in [6.07, 6.45) is 23.0. The Kier molecular flexibility index (Phi) is 32.7. The van der Waals surface area contributed by atoms with Gasteiger partial charge in [0.1, 0.15) is 0 Å². The van der Waals surface area contributed by atoms with E-state index in [-0.39, 0.29) is 24.0 Å². The van der Waals surface area contributed by atoms with Crippen LogP contribution in [-0.2, 0) is 0 Å². The summed E-state index contributed by atoms with van der Waals surface area (Å²) in [4.78, 5) is 0. The largest absolute Gasteiger partial charge is 1.00 e. The number of halogens is 1. The molecule has 0 aromatic rings. The standard InChI is InChI=1S/C22H48N.ClH.H3N.H2O/c1-5-7-9-11-13-15-17-19-21-23(3,4)22-20-18-16-14-12-10-8-6-2;;;/h5-22H2,1-4H3;1H;1H3;1H2/q+1;;;/p-1. The quantitative estimate of drug-likeness (QED) is 0.278. The van der Waals surface area contributed by atoms with E-state index in [1.165, 1.54) is 120 Å². The van der Waals surface area contributed by atoms with E-state index < -0.39 is 0 Å². The number of nitrogens with zero attached hydrogens (tertiary/aromatic N) is 1. The van der Waals surface area contributed by atoms with Gasteiger partial charge in [0.2, 0.25) is 0 Å². The van der Waals surface area contributed by atoms with Crippen LogP contribution in [0.15, 0.2) is 0 Å². The van der Waals surface area contributed by atoms with Crippen LogP contribution in [0, 0.1) is 0 Å². The summed E-state index contributed by atoms with van der Waals surface area (Å²) in [6.45, 7) is 7.36. The van der Waals surface area contributed by atoms with E-state index in [0.717, 1.165) is 0 Å². The zero-order chi connectivity index (χ0) is 17.2. The number of hydrogen-bond donors (Lipinski definition) is 1. The minimum Gasteiger partial charge on any atom is -1.00 e. The van der Waals surface area contributed by atoms with Crippen molar-refractivity contribution in [1.29, 1.82) is 0 Å². The first-order valence-corrected chi connectivity index (χ1v) is 10.9. The third kappa shape index (κ3) is 26.4. The molecule has 26 heavy (non-hydrogen) atoms. The lowest BCUT2D eigenvalue weighted by Crippen LogP contribution is -3.00. The van der Waals surface area contributed by atoms with E-state index in [2.05, 4.69) is 27.9 Å². The molecule has 0 saturated carbocycles. The van der Waals surface area contributed by atoms with Gasteiger partial charge in [-0.3, -0.25) is 0 Å². The molecule has 0 aliphatic rings. The maximum Gasteiger partial charge on any atom is 0.0782 e. The van der Waals surface area contributed by atoms with Gasteiger partial charge >= 0.3 is 0 Å². The first-order valence-electron chi connectivity index (χ1n) is 10.9. The smallest absolute Gasteiger partial charge is 0.0782 e. The van der Waals surface area contributed by atoms with Crippen LogP contribution in [0.4, 0.5) is 0 Å². The Balaban J connectivity index is -0.000000807. The summed E-state index contributed by atoms with van der Waals surface area (Å²) in [6, 6.07) is 0. The van der Waals surface area contributed by atoms with Crippen molar-refractivity contribution < 1.29 is 22.4 Å². The van der Waals surface area contributed by atoms with Crippen molar-refractivity contribution in [1.82, 2.24) is 6.15 Å². The van der Waals surface area contributed by atoms with Crippen LogP contribution in [0.3, 0.4) is 0 Å². The highest BCUT2D eigenvalue weighted by molar-refractivity contribution is 4.48. The van der Waals surface area contributed by atoms with Gasteiger partial charge in [-0.15, -0.1) is 0 Å². The van der Waals surface area contributed by atoms with Crippen molar-refractivity contribution in [3.05, 3.63) is 0 Å². The van der Waals surface area contributed by atoms with Crippen molar-refractivity contribution in [3.8, 4) is 0 Å². The van der Waals surface area contributed by atoms with E-state index in [0.29, 0.717) is 0 Å². The minimum atomic E-state index is 0. The zero-order valence-corrected chi connectivity index (χ0v) is 19.5. The molecule has 0 radical (unpaired) electrons. The Hall–Kier alpha value is 0.170. The third-order valence-corrected chi connectivity index (χ3v) is 5.23. The van der Waals surface area contributed by atoms with Crippen LogP contribution in [-0.4, -0.2) is 37.1 Å². The molecule has 0 aliphatic carbocycles. The van der Waals surface area contributed by atoms with Crippen molar-refractivity contribution >= 4 is 0 Å². The summed E-state index contributed by atoms with van der Waals surface area (Å²) in [5.74, 6) is 0. The van der Waals surface area contributed by atoms with Gasteiger partial charge < -0.3 is 28.5 Å². The second kappa shape index (κ2) is 25.2. The van der Waals surface area contributed by atoms with Gasteiger partial charge in [-0.1, -0.05) is 90.9 Å². The molecule has 0 spiro atoms. The van der Waals surface area contributed by atoms with Crippen molar-refractivity contribution in [3.63, 3.8) is 0 Å². The summed E-state index contributed by atoms with van der Waals surface area (Å²) in [7, 11) is 4.87. The SMILES string of the molecule is CCCCCCCCCC[N+](C)(C)CCCCCCCCCC.N.O.[Cl-]. The molecule has 5 N–H and O–H groups in total. The maximum atomic E-state index is 2.43. The molecule has 3 nitrogen and oxygen atoms in total. The highest BCUT2D eigenvalue weighted by atomic mass is 35.5. The third-order valence-electron chi connectivity index (χ3n) is 5.23. The molecule has 0 rings (SSSR count). The first kappa shape index (κ1) is 33.7. The van der Waals surface area contributed by atoms with Crippen LogP contribution in [0.5, 0.6) is 0 Å². The van der Waals surface area contributed by atoms with E-state index in [4.69, 9.17) is 0 Å². The lowest BCUT2D eigenvalue weighted by atomic mass is 10.1. The summed E-state index contributed by atoms with van der Waals surface area (Å²) >= 11 is 0. The molecule has 0 fully saturated rings. The van der Waals surface area contributed by atoms with Gasteiger partial charge in [0, 0.05) is 0 Å². The van der Waals surface area contributed by atoms with Crippen LogP contribution in [0.25, 0.3) is 0 Å². The molecular weight excluding hydrogens is 344 g/mol. The fraction of sp³-hybridized carbons (Fsp3) is 1.00. The molecule has 0 aromatic carbocycles. The highest BCUT2D eigenvalue weighted by Gasteiger charge is 2.13. The summed E-state index contributed by atoms with van der Waals surface area (Å²) in [5, 5.41) is 0. The number of unbranched alkanes of at least 4 members (excludes halogenated alkanes) is 14. The number of hydrogen-bond acceptors (Lipinski definition) is 1. The molecule has 0 aromatic heterocycles. The van der Waals surface area contributed by atoms with Gasteiger partial charge in [-0.25, -0.2) is 0 Å². The van der Waals surface area contributed by atoms with Crippen LogP contribution >= 0.6 is 0 Å². The zero-order valence-electron chi connectivity index (χ0n) is 18.8. The predicted octanol–water partition coefficient (Wildman–Crippen LogP) is 3.69. The fourth-order valence-corrected chi connectivity index (χ4v) is 3.46. The minimum absolute atomic E-state index is 0. The summed E-state index contributed by atoms with van der Waals surface area (Å²) < 4.78 is 1.24. The Labute approximate surface area is 172 Å². The van der Waals surface area contributed by atoms with Crippen LogP contribution < -0.4 is 18.6 Å². The maximum absolute atomic E-state index is 2.43. The van der Waals surface area contributed by atoms with E-state index in [1.54, 1.807) is 0 Å². The van der Waals surface area contributed by atoms with Gasteiger partial charge in [-0.2, -0.15) is 0 Å². The van der Waals surface area contributed by atoms with Crippen molar-refractivity contribution in [2.24, 2.45) is 0 Å². The topological polar surface area (TPSA) is 66.5 Å². The number of rotatable bonds is 18. The monoisotopic (exact) mass is 396 g/mol. The number of quaternary nitrogens is 1. The van der Waals surface area contributed by atoms with E-state index in [1.807, 2.05) is 0 Å². The summed E-state index contributed by atoms with van der Waals surface area (Å²) in [5.41, 5.74) is 0. The molecule has 0 heterocycles. The fourth-order valence-electron chi connectivity index (χ4n) is 3.46. The van der Waals surface area contributed by atoms with Crippen LogP contribution in [0.2, 0.25) is 0 Å². The Morgan fingerprint density at radius 1 is 0.462 bits per heavy atom. The van der Waals surface area contributed by atoms with Crippen molar-refractivity contribution in [2.45, 2.75) is 117 Å². The molecule has 164 valence electrons. The average molecular weight is 397 g/mol. The van der Waals surface area contributed by atoms with Gasteiger partial charge in [0.05, 0.1) is 27.2 Å². The normalized spacial score (nSPS) is 10.6. The molecule has 0 bridgehead atoms. The molecule has 0 saturated heterocycles. The predicted molar refractivity (Wildman–Crippen MR) is 116 cm³/mol. The second-order valence-corrected chi connectivity index (χ2v) is 8.33. The Morgan fingerprint density at radius 2 is 0.692 bits per heavy atom. The second-order valence-electron chi connectivity index (χ2n) is 8.33. The highest BCUT2D eigenvalue weighted by Crippen LogP contribution is 2.13. The Bertz CT molecular complexity index is 216. The molecule has 0 amide bonds. The average Bonchev–Trinajstić information content (AvgIpc) is 2.52. The van der Waals surface area contributed by atoms with E-state index in [9.17, 15) is 0 Å². The Morgan fingerprint density at radius 3 is 0.962 bits per heavy atom. The lowest BCUT2D eigenvalue weighted by molar-refractivity contribution is -0.890. The molecule has 0 atom stereocenters. The molecule has 0 unspecified atom stereocenters. The lowest BCUT2D eigenvalue weighted by Gasteiger charge is -2.30.